The Balaban J connectivity index is 1.30. The highest BCUT2D eigenvalue weighted by atomic mass is 16.2. The van der Waals surface area contributed by atoms with E-state index in [0.717, 1.165) is 45.8 Å². The molecule has 1 N–H and O–H groups in total. The van der Waals surface area contributed by atoms with Gasteiger partial charge >= 0.3 is 0 Å². The lowest BCUT2D eigenvalue weighted by Gasteiger charge is -2.33. The summed E-state index contributed by atoms with van der Waals surface area (Å²) in [5, 5.41) is 6.05. The minimum Gasteiger partial charge on any atom is -0.340 e. The summed E-state index contributed by atoms with van der Waals surface area (Å²) in [6.45, 7) is 6.70. The number of hydrogen-bond acceptors (Lipinski definition) is 3. The van der Waals surface area contributed by atoms with Gasteiger partial charge in [-0.05, 0) is 48.2 Å². The molecule has 2 heterocycles. The number of fused-ring (bicyclic) bond motifs is 1. The summed E-state index contributed by atoms with van der Waals surface area (Å²) in [6, 6.07) is 15.4. The topological polar surface area (TPSA) is 35.6 Å². The van der Waals surface area contributed by atoms with Crippen LogP contribution in [-0.4, -0.2) is 61.5 Å². The molecular formula is C22H29N3O. The normalized spacial score (nSPS) is 19.8. The molecule has 0 unspecified atom stereocenters. The lowest BCUT2D eigenvalue weighted by molar-refractivity contribution is -0.132. The average molecular weight is 351 g/mol. The first-order valence-electron chi connectivity index (χ1n) is 10.00. The van der Waals surface area contributed by atoms with Gasteiger partial charge in [0.2, 0.25) is 5.91 Å². The number of likely N-dealkylation sites (tertiary alicyclic amines) is 1. The molecule has 1 amide bonds. The maximum Gasteiger partial charge on any atom is 0.223 e. The largest absolute Gasteiger partial charge is 0.340 e. The molecule has 2 aromatic rings. The van der Waals surface area contributed by atoms with E-state index in [9.17, 15) is 4.79 Å². The number of rotatable bonds is 4. The predicted octanol–water partition coefficient (Wildman–Crippen LogP) is 2.84. The first-order valence-corrected chi connectivity index (χ1v) is 10.00. The standard InChI is InChI=1S/C22H29N3O/c26-22(25-16-11-23-12-17-25)10-15-24-13-8-19(9-14-24)21-7-3-5-18-4-1-2-6-20(18)21/h1-7,19,23H,8-17H2. The van der Waals surface area contributed by atoms with E-state index in [2.05, 4.69) is 52.7 Å². The highest BCUT2D eigenvalue weighted by molar-refractivity contribution is 5.86. The third-order valence-electron chi connectivity index (χ3n) is 5.96. The molecule has 0 atom stereocenters. The first kappa shape index (κ1) is 17.5. The van der Waals surface area contributed by atoms with Gasteiger partial charge in [-0.2, -0.15) is 0 Å². The van der Waals surface area contributed by atoms with E-state index in [0.29, 0.717) is 18.2 Å². The van der Waals surface area contributed by atoms with Crippen molar-refractivity contribution < 1.29 is 4.79 Å². The second-order valence-corrected chi connectivity index (χ2v) is 7.57. The SMILES string of the molecule is O=C(CCN1CCC(c2cccc3ccccc23)CC1)N1CCNCC1. The zero-order valence-corrected chi connectivity index (χ0v) is 15.5. The Hall–Kier alpha value is -1.91. The van der Waals surface area contributed by atoms with Gasteiger partial charge in [-0.3, -0.25) is 4.79 Å². The summed E-state index contributed by atoms with van der Waals surface area (Å²) in [7, 11) is 0. The molecule has 0 bridgehead atoms. The van der Waals surface area contributed by atoms with Crippen LogP contribution >= 0.6 is 0 Å². The van der Waals surface area contributed by atoms with Gasteiger partial charge in [0.25, 0.3) is 0 Å². The van der Waals surface area contributed by atoms with Gasteiger partial charge in [0.05, 0.1) is 0 Å². The molecule has 4 nitrogen and oxygen atoms in total. The van der Waals surface area contributed by atoms with Crippen LogP contribution < -0.4 is 5.32 Å². The number of carbonyl (C=O) groups is 1. The Morgan fingerprint density at radius 1 is 0.962 bits per heavy atom. The van der Waals surface area contributed by atoms with Crippen molar-refractivity contribution in [1.29, 1.82) is 0 Å². The summed E-state index contributed by atoms with van der Waals surface area (Å²) in [5.41, 5.74) is 1.50. The van der Waals surface area contributed by atoms with Crippen LogP contribution in [-0.2, 0) is 4.79 Å². The number of amides is 1. The number of piperazine rings is 1. The third-order valence-corrected chi connectivity index (χ3v) is 5.96. The van der Waals surface area contributed by atoms with E-state index in [1.54, 1.807) is 0 Å². The second kappa shape index (κ2) is 8.19. The summed E-state index contributed by atoms with van der Waals surface area (Å²) in [6.07, 6.45) is 3.05. The van der Waals surface area contributed by atoms with Crippen LogP contribution in [0.4, 0.5) is 0 Å². The Morgan fingerprint density at radius 2 is 1.69 bits per heavy atom. The molecule has 0 saturated carbocycles. The van der Waals surface area contributed by atoms with Crippen molar-refractivity contribution in [2.75, 3.05) is 45.8 Å². The Morgan fingerprint density at radius 3 is 2.50 bits per heavy atom. The molecule has 0 spiro atoms. The van der Waals surface area contributed by atoms with Gasteiger partial charge in [0, 0.05) is 39.1 Å². The number of hydrogen-bond donors (Lipinski definition) is 1. The molecule has 2 saturated heterocycles. The molecule has 4 rings (SSSR count). The van der Waals surface area contributed by atoms with Crippen molar-refractivity contribution in [3.05, 3.63) is 48.0 Å². The van der Waals surface area contributed by atoms with E-state index >= 15 is 0 Å². The van der Waals surface area contributed by atoms with Crippen LogP contribution in [0, 0.1) is 0 Å². The molecule has 26 heavy (non-hydrogen) atoms. The van der Waals surface area contributed by atoms with Gasteiger partial charge in [0.15, 0.2) is 0 Å². The highest BCUT2D eigenvalue weighted by Gasteiger charge is 2.23. The molecule has 0 aliphatic carbocycles. The van der Waals surface area contributed by atoms with E-state index in [4.69, 9.17) is 0 Å². The summed E-state index contributed by atoms with van der Waals surface area (Å²) in [4.78, 5) is 16.8. The van der Waals surface area contributed by atoms with E-state index < -0.39 is 0 Å². The fourth-order valence-corrected chi connectivity index (χ4v) is 4.40. The molecule has 2 aliphatic rings. The van der Waals surface area contributed by atoms with Crippen molar-refractivity contribution in [2.24, 2.45) is 0 Å². The molecule has 0 aromatic heterocycles. The minimum absolute atomic E-state index is 0.322. The van der Waals surface area contributed by atoms with Gasteiger partial charge in [0.1, 0.15) is 0 Å². The predicted molar refractivity (Wildman–Crippen MR) is 106 cm³/mol. The quantitative estimate of drug-likeness (QED) is 0.920. The first-order chi connectivity index (χ1) is 12.8. The summed E-state index contributed by atoms with van der Waals surface area (Å²) < 4.78 is 0. The lowest BCUT2D eigenvalue weighted by atomic mass is 9.86. The third kappa shape index (κ3) is 3.92. The summed E-state index contributed by atoms with van der Waals surface area (Å²) >= 11 is 0. The van der Waals surface area contributed by atoms with Crippen molar-refractivity contribution >= 4 is 16.7 Å². The maximum absolute atomic E-state index is 12.3. The summed E-state index contributed by atoms with van der Waals surface area (Å²) in [5.74, 6) is 0.962. The van der Waals surface area contributed by atoms with Crippen LogP contribution in [0.15, 0.2) is 42.5 Å². The Bertz CT molecular complexity index is 741. The average Bonchev–Trinajstić information content (AvgIpc) is 2.72. The van der Waals surface area contributed by atoms with Crippen molar-refractivity contribution in [1.82, 2.24) is 15.1 Å². The van der Waals surface area contributed by atoms with Crippen molar-refractivity contribution in [3.63, 3.8) is 0 Å². The van der Waals surface area contributed by atoms with Crippen molar-refractivity contribution in [2.45, 2.75) is 25.2 Å². The Kier molecular flexibility index (Phi) is 5.51. The van der Waals surface area contributed by atoms with Crippen LogP contribution in [0.25, 0.3) is 10.8 Å². The van der Waals surface area contributed by atoms with E-state index in [1.807, 2.05) is 4.90 Å². The monoisotopic (exact) mass is 351 g/mol. The van der Waals surface area contributed by atoms with Crippen LogP contribution in [0.1, 0.15) is 30.7 Å². The number of nitrogens with zero attached hydrogens (tertiary/aromatic N) is 2. The lowest BCUT2D eigenvalue weighted by Crippen LogP contribution is -2.47. The van der Waals surface area contributed by atoms with Crippen LogP contribution in [0.2, 0.25) is 0 Å². The van der Waals surface area contributed by atoms with Gasteiger partial charge in [-0.15, -0.1) is 0 Å². The smallest absolute Gasteiger partial charge is 0.223 e. The number of carbonyl (C=O) groups excluding carboxylic acids is 1. The minimum atomic E-state index is 0.322. The fourth-order valence-electron chi connectivity index (χ4n) is 4.40. The number of piperidine rings is 1. The molecule has 0 radical (unpaired) electrons. The zero-order chi connectivity index (χ0) is 17.8. The number of nitrogens with one attached hydrogen (secondary N) is 1. The van der Waals surface area contributed by atoms with Crippen LogP contribution in [0.3, 0.4) is 0 Å². The maximum atomic E-state index is 12.3. The van der Waals surface area contributed by atoms with Crippen LogP contribution in [0.5, 0.6) is 0 Å². The second-order valence-electron chi connectivity index (χ2n) is 7.57. The van der Waals surface area contributed by atoms with Gasteiger partial charge in [-0.25, -0.2) is 0 Å². The molecule has 4 heteroatoms. The number of benzene rings is 2. The molecule has 2 aromatic carbocycles. The zero-order valence-electron chi connectivity index (χ0n) is 15.5. The fraction of sp³-hybridized carbons (Fsp3) is 0.500. The molecule has 2 aliphatic heterocycles. The molecular weight excluding hydrogens is 322 g/mol. The van der Waals surface area contributed by atoms with Gasteiger partial charge in [-0.1, -0.05) is 42.5 Å². The van der Waals surface area contributed by atoms with Gasteiger partial charge < -0.3 is 15.1 Å². The Labute approximate surface area is 156 Å². The van der Waals surface area contributed by atoms with Crippen molar-refractivity contribution in [3.8, 4) is 0 Å². The van der Waals surface area contributed by atoms with E-state index in [-0.39, 0.29) is 0 Å². The highest BCUT2D eigenvalue weighted by Crippen LogP contribution is 2.33. The molecule has 2 fully saturated rings. The molecule has 138 valence electrons. The van der Waals surface area contributed by atoms with E-state index in [1.165, 1.54) is 29.2 Å².